The van der Waals surface area contributed by atoms with Gasteiger partial charge in [0.2, 0.25) is 0 Å². The first-order valence-corrected chi connectivity index (χ1v) is 9.93. The van der Waals surface area contributed by atoms with Crippen molar-refractivity contribution >= 4 is 17.3 Å². The van der Waals surface area contributed by atoms with Crippen LogP contribution in [0, 0.1) is 6.92 Å². The van der Waals surface area contributed by atoms with Gasteiger partial charge in [-0.25, -0.2) is 0 Å². The summed E-state index contributed by atoms with van der Waals surface area (Å²) in [5.41, 5.74) is 5.00. The first-order valence-electron chi connectivity index (χ1n) is 9.55. The van der Waals surface area contributed by atoms with Crippen molar-refractivity contribution in [1.82, 2.24) is 5.32 Å². The van der Waals surface area contributed by atoms with Gasteiger partial charge in [0, 0.05) is 28.8 Å². The average molecular weight is 407 g/mol. The van der Waals surface area contributed by atoms with Gasteiger partial charge in [-0.15, -0.1) is 0 Å². The molecule has 2 N–H and O–H groups in total. The zero-order chi connectivity index (χ0) is 20.4. The summed E-state index contributed by atoms with van der Waals surface area (Å²) in [6, 6.07) is 21.3. The van der Waals surface area contributed by atoms with Gasteiger partial charge >= 0.3 is 0 Å². The van der Waals surface area contributed by atoms with E-state index >= 15 is 0 Å². The Hall–Kier alpha value is -2.82. The maximum atomic E-state index is 10.5. The quantitative estimate of drug-likeness (QED) is 0.594. The molecule has 148 valence electrons. The number of hydrogen-bond acceptors (Lipinski definition) is 4. The van der Waals surface area contributed by atoms with Crippen LogP contribution < -0.4 is 10.1 Å². The Balaban J connectivity index is 1.77. The number of aliphatic imine (C=N–C) groups is 1. The van der Waals surface area contributed by atoms with E-state index in [4.69, 9.17) is 21.3 Å². The Bertz CT molecular complexity index is 1050. The molecule has 0 aromatic heterocycles. The molecule has 5 heteroatoms. The van der Waals surface area contributed by atoms with Gasteiger partial charge in [0.25, 0.3) is 0 Å². The number of phenols is 1. The van der Waals surface area contributed by atoms with Crippen LogP contribution in [-0.4, -0.2) is 17.9 Å². The fourth-order valence-electron chi connectivity index (χ4n) is 3.61. The molecule has 4 rings (SSSR count). The fourth-order valence-corrected chi connectivity index (χ4v) is 3.79. The molecule has 0 fully saturated rings. The van der Waals surface area contributed by atoms with E-state index in [2.05, 4.69) is 36.5 Å². The molecule has 0 saturated carbocycles. The van der Waals surface area contributed by atoms with Crippen LogP contribution in [0.1, 0.15) is 40.9 Å². The number of rotatable bonds is 4. The number of nitrogens with zero attached hydrogens (tertiary/aromatic N) is 1. The highest BCUT2D eigenvalue weighted by Crippen LogP contribution is 2.36. The molecule has 3 aromatic carbocycles. The molecule has 0 spiro atoms. The summed E-state index contributed by atoms with van der Waals surface area (Å²) in [6.07, 6.45) is 0.401. The van der Waals surface area contributed by atoms with Gasteiger partial charge in [0.15, 0.2) is 0 Å². The Kier molecular flexibility index (Phi) is 5.56. The van der Waals surface area contributed by atoms with Gasteiger partial charge < -0.3 is 9.84 Å². The van der Waals surface area contributed by atoms with Crippen molar-refractivity contribution in [1.29, 1.82) is 0 Å². The molecule has 1 aliphatic rings. The molecule has 29 heavy (non-hydrogen) atoms. The number of ether oxygens (including phenoxy) is 1. The number of methoxy groups -OCH3 is 1. The Morgan fingerprint density at radius 2 is 1.86 bits per heavy atom. The van der Waals surface area contributed by atoms with Crippen LogP contribution in [0.3, 0.4) is 0 Å². The summed E-state index contributed by atoms with van der Waals surface area (Å²) in [6.45, 7) is 2.07. The first-order chi connectivity index (χ1) is 14.0. The molecule has 3 aromatic rings. The molecule has 0 saturated heterocycles. The van der Waals surface area contributed by atoms with E-state index in [-0.39, 0.29) is 18.0 Å². The van der Waals surface area contributed by atoms with E-state index in [0.29, 0.717) is 11.4 Å². The number of aromatic hydroxyl groups is 1. The molecular formula is C24H23ClN2O2. The van der Waals surface area contributed by atoms with E-state index in [1.165, 1.54) is 5.56 Å². The Morgan fingerprint density at radius 3 is 2.62 bits per heavy atom. The van der Waals surface area contributed by atoms with Crippen LogP contribution in [-0.2, 0) is 0 Å². The molecule has 0 amide bonds. The minimum atomic E-state index is -0.228. The van der Waals surface area contributed by atoms with Crippen molar-refractivity contribution in [3.63, 3.8) is 0 Å². The van der Waals surface area contributed by atoms with Crippen LogP contribution in [0.15, 0.2) is 71.7 Å². The maximum absolute atomic E-state index is 10.5. The van der Waals surface area contributed by atoms with E-state index in [0.717, 1.165) is 28.2 Å². The van der Waals surface area contributed by atoms with Gasteiger partial charge in [0.1, 0.15) is 17.7 Å². The topological polar surface area (TPSA) is 53.8 Å². The molecule has 0 unspecified atom stereocenters. The van der Waals surface area contributed by atoms with Gasteiger partial charge in [0.05, 0.1) is 7.11 Å². The first kappa shape index (κ1) is 19.5. The smallest absolute Gasteiger partial charge is 0.126 e. The normalized spacial score (nSPS) is 18.9. The monoisotopic (exact) mass is 406 g/mol. The number of phenolic OH excluding ortho intramolecular Hbond substituents is 1. The van der Waals surface area contributed by atoms with Crippen molar-refractivity contribution < 1.29 is 9.84 Å². The Morgan fingerprint density at radius 1 is 1.07 bits per heavy atom. The van der Waals surface area contributed by atoms with Crippen LogP contribution in [0.25, 0.3) is 0 Å². The summed E-state index contributed by atoms with van der Waals surface area (Å²) in [5.74, 6) is 1.01. The summed E-state index contributed by atoms with van der Waals surface area (Å²) in [5, 5.41) is 14.6. The lowest BCUT2D eigenvalue weighted by Gasteiger charge is -2.31. The van der Waals surface area contributed by atoms with Gasteiger partial charge in [-0.1, -0.05) is 53.6 Å². The second-order valence-electron chi connectivity index (χ2n) is 7.25. The number of aryl methyl sites for hydroxylation is 1. The molecule has 4 nitrogen and oxygen atoms in total. The molecule has 0 bridgehead atoms. The molecule has 2 atom stereocenters. The van der Waals surface area contributed by atoms with Crippen molar-refractivity contribution in [2.24, 2.45) is 4.99 Å². The largest absolute Gasteiger partial charge is 0.508 e. The third-order valence-electron chi connectivity index (χ3n) is 5.20. The molecule has 0 aliphatic carbocycles. The fraction of sp³-hybridized carbons (Fsp3) is 0.208. The van der Waals surface area contributed by atoms with Crippen LogP contribution >= 0.6 is 11.6 Å². The third kappa shape index (κ3) is 4.29. The van der Waals surface area contributed by atoms with Crippen molar-refractivity contribution in [3.8, 4) is 11.5 Å². The Labute approximate surface area is 175 Å². The molecule has 1 heterocycles. The molecule has 0 radical (unpaired) electrons. The minimum Gasteiger partial charge on any atom is -0.508 e. The lowest BCUT2D eigenvalue weighted by Crippen LogP contribution is -2.33. The average Bonchev–Trinajstić information content (AvgIpc) is 2.75. The van der Waals surface area contributed by atoms with Gasteiger partial charge in [-0.2, -0.15) is 0 Å². The summed E-state index contributed by atoms with van der Waals surface area (Å²) < 4.78 is 5.39. The van der Waals surface area contributed by atoms with E-state index < -0.39 is 0 Å². The zero-order valence-corrected chi connectivity index (χ0v) is 17.1. The van der Waals surface area contributed by atoms with Gasteiger partial charge in [-0.3, -0.25) is 10.3 Å². The molecular weight excluding hydrogens is 384 g/mol. The van der Waals surface area contributed by atoms with Crippen LogP contribution in [0.5, 0.6) is 11.5 Å². The van der Waals surface area contributed by atoms with E-state index in [1.54, 1.807) is 19.2 Å². The standard InChI is InChI=1S/C24H23ClN2O2/c1-15-6-8-16(9-7-15)24-26-21(17-4-3-5-19(12-17)29-2)14-22(27-24)20-13-18(25)10-11-23(20)28/h3-13,22,24,27-28H,14H2,1-2H3/t22-,24-/m1/s1. The van der Waals surface area contributed by atoms with E-state index in [9.17, 15) is 5.11 Å². The van der Waals surface area contributed by atoms with E-state index in [1.807, 2.05) is 30.3 Å². The zero-order valence-electron chi connectivity index (χ0n) is 16.4. The number of halogens is 1. The predicted octanol–water partition coefficient (Wildman–Crippen LogP) is 5.59. The SMILES string of the molecule is COc1cccc(C2=N[C@@H](c3ccc(C)cc3)N[C@@H](c3cc(Cl)ccc3O)C2)c1. The number of nitrogens with one attached hydrogen (secondary N) is 1. The predicted molar refractivity (Wildman–Crippen MR) is 117 cm³/mol. The lowest BCUT2D eigenvalue weighted by molar-refractivity contribution is 0.411. The second-order valence-corrected chi connectivity index (χ2v) is 7.68. The molecule has 1 aliphatic heterocycles. The summed E-state index contributed by atoms with van der Waals surface area (Å²) in [7, 11) is 1.66. The maximum Gasteiger partial charge on any atom is 0.126 e. The van der Waals surface area contributed by atoms with Crippen molar-refractivity contribution in [2.75, 3.05) is 7.11 Å². The highest BCUT2D eigenvalue weighted by Gasteiger charge is 2.28. The lowest BCUT2D eigenvalue weighted by atomic mass is 9.93. The summed E-state index contributed by atoms with van der Waals surface area (Å²) in [4.78, 5) is 4.99. The number of hydrogen-bond donors (Lipinski definition) is 2. The number of benzene rings is 3. The second kappa shape index (κ2) is 8.27. The van der Waals surface area contributed by atoms with Crippen LogP contribution in [0.4, 0.5) is 0 Å². The minimum absolute atomic E-state index is 0.126. The van der Waals surface area contributed by atoms with Crippen LogP contribution in [0.2, 0.25) is 5.02 Å². The third-order valence-corrected chi connectivity index (χ3v) is 5.44. The van der Waals surface area contributed by atoms with Crippen molar-refractivity contribution in [2.45, 2.75) is 25.6 Å². The van der Waals surface area contributed by atoms with Gasteiger partial charge in [-0.05, 0) is 48.4 Å². The highest BCUT2D eigenvalue weighted by molar-refractivity contribution is 6.30. The highest BCUT2D eigenvalue weighted by atomic mass is 35.5. The van der Waals surface area contributed by atoms with Crippen molar-refractivity contribution in [3.05, 3.63) is 94.0 Å². The summed E-state index contributed by atoms with van der Waals surface area (Å²) >= 11 is 6.21.